The van der Waals surface area contributed by atoms with Crippen LogP contribution in [0.5, 0.6) is 0 Å². The topological polar surface area (TPSA) is 28.2 Å². The highest BCUT2D eigenvalue weighted by Gasteiger charge is 2.10. The maximum atomic E-state index is 5.34. The normalized spacial score (nSPS) is 16.4. The lowest BCUT2D eigenvalue weighted by atomic mass is 10.2. The highest BCUT2D eigenvalue weighted by molar-refractivity contribution is 5.46. The van der Waals surface area contributed by atoms with Crippen molar-refractivity contribution in [1.29, 1.82) is 0 Å². The Morgan fingerprint density at radius 2 is 2.21 bits per heavy atom. The molecule has 72 valence electrons. The van der Waals surface area contributed by atoms with Crippen LogP contribution >= 0.6 is 0 Å². The minimum absolute atomic E-state index is 0.897. The molecule has 0 saturated carbocycles. The number of anilines is 1. The number of pyridine rings is 1. The van der Waals surface area contributed by atoms with E-state index in [4.69, 9.17) is 6.42 Å². The molecule has 14 heavy (non-hydrogen) atoms. The van der Waals surface area contributed by atoms with Crippen molar-refractivity contribution in [3.05, 3.63) is 23.9 Å². The highest BCUT2D eigenvalue weighted by Crippen LogP contribution is 2.12. The van der Waals surface area contributed by atoms with Gasteiger partial charge in [-0.25, -0.2) is 4.98 Å². The molecule has 0 spiro atoms. The summed E-state index contributed by atoms with van der Waals surface area (Å²) in [5, 5.41) is 3.30. The van der Waals surface area contributed by atoms with Crippen LogP contribution in [0.3, 0.4) is 0 Å². The summed E-state index contributed by atoms with van der Waals surface area (Å²) < 4.78 is 0. The third kappa shape index (κ3) is 1.86. The second kappa shape index (κ2) is 4.12. The van der Waals surface area contributed by atoms with Crippen LogP contribution in [-0.2, 0) is 0 Å². The molecule has 1 N–H and O–H groups in total. The van der Waals surface area contributed by atoms with Gasteiger partial charge in [-0.2, -0.15) is 0 Å². The van der Waals surface area contributed by atoms with Crippen LogP contribution in [0.25, 0.3) is 0 Å². The van der Waals surface area contributed by atoms with E-state index in [1.165, 1.54) is 0 Å². The van der Waals surface area contributed by atoms with Gasteiger partial charge >= 0.3 is 0 Å². The Morgan fingerprint density at radius 3 is 2.93 bits per heavy atom. The summed E-state index contributed by atoms with van der Waals surface area (Å²) in [6.45, 7) is 4.03. The van der Waals surface area contributed by atoms with E-state index in [0.29, 0.717) is 0 Å². The lowest BCUT2D eigenvalue weighted by Gasteiger charge is -2.28. The monoisotopic (exact) mass is 187 g/mol. The lowest BCUT2D eigenvalue weighted by Crippen LogP contribution is -2.43. The number of terminal acetylenes is 1. The third-order valence-corrected chi connectivity index (χ3v) is 2.35. The molecule has 1 aromatic rings. The van der Waals surface area contributed by atoms with E-state index in [1.807, 2.05) is 12.1 Å². The van der Waals surface area contributed by atoms with E-state index >= 15 is 0 Å². The number of hydrogen-bond acceptors (Lipinski definition) is 3. The Balaban J connectivity index is 2.18. The molecule has 2 heterocycles. The molecule has 2 rings (SSSR count). The molecular formula is C11H13N3. The fourth-order valence-corrected chi connectivity index (χ4v) is 1.58. The SMILES string of the molecule is C#Cc1ccnc(N2CCNCC2)c1. The summed E-state index contributed by atoms with van der Waals surface area (Å²) in [7, 11) is 0. The van der Waals surface area contributed by atoms with E-state index in [9.17, 15) is 0 Å². The van der Waals surface area contributed by atoms with Crippen molar-refractivity contribution in [2.45, 2.75) is 0 Å². The van der Waals surface area contributed by atoms with Crippen molar-refractivity contribution >= 4 is 5.82 Å². The van der Waals surface area contributed by atoms with Gasteiger partial charge in [-0.15, -0.1) is 6.42 Å². The first kappa shape index (κ1) is 9.04. The van der Waals surface area contributed by atoms with E-state index in [0.717, 1.165) is 37.6 Å². The standard InChI is InChI=1S/C11H13N3/c1-2-10-3-4-13-11(9-10)14-7-5-12-6-8-14/h1,3-4,9,12H,5-8H2. The number of nitrogens with zero attached hydrogens (tertiary/aromatic N) is 2. The molecule has 0 aliphatic carbocycles. The number of hydrogen-bond donors (Lipinski definition) is 1. The number of nitrogens with one attached hydrogen (secondary N) is 1. The Bertz CT molecular complexity index is 348. The van der Waals surface area contributed by atoms with Gasteiger partial charge in [0.2, 0.25) is 0 Å². The Hall–Kier alpha value is -1.53. The van der Waals surface area contributed by atoms with Crippen molar-refractivity contribution in [1.82, 2.24) is 10.3 Å². The first-order valence-electron chi connectivity index (χ1n) is 4.78. The van der Waals surface area contributed by atoms with Crippen LogP contribution in [0.2, 0.25) is 0 Å². The predicted molar refractivity (Wildman–Crippen MR) is 57.3 cm³/mol. The summed E-state index contributed by atoms with van der Waals surface area (Å²) >= 11 is 0. The maximum Gasteiger partial charge on any atom is 0.129 e. The van der Waals surface area contributed by atoms with Crippen LogP contribution < -0.4 is 10.2 Å². The summed E-state index contributed by atoms with van der Waals surface area (Å²) in [5.41, 5.74) is 0.897. The zero-order chi connectivity index (χ0) is 9.80. The second-order valence-electron chi connectivity index (χ2n) is 3.28. The quantitative estimate of drug-likeness (QED) is 0.648. The van der Waals surface area contributed by atoms with Gasteiger partial charge in [0.25, 0.3) is 0 Å². The van der Waals surface area contributed by atoms with Crippen LogP contribution in [0.15, 0.2) is 18.3 Å². The number of piperazine rings is 1. The molecule has 3 heteroatoms. The maximum absolute atomic E-state index is 5.34. The fourth-order valence-electron chi connectivity index (χ4n) is 1.58. The van der Waals surface area contributed by atoms with Gasteiger partial charge in [-0.1, -0.05) is 5.92 Å². The second-order valence-corrected chi connectivity index (χ2v) is 3.28. The van der Waals surface area contributed by atoms with Gasteiger partial charge in [-0.3, -0.25) is 0 Å². The summed E-state index contributed by atoms with van der Waals surface area (Å²) in [5.74, 6) is 3.61. The Morgan fingerprint density at radius 1 is 1.43 bits per heavy atom. The number of aromatic nitrogens is 1. The molecule has 1 aliphatic rings. The van der Waals surface area contributed by atoms with Gasteiger partial charge in [-0.05, 0) is 12.1 Å². The third-order valence-electron chi connectivity index (χ3n) is 2.35. The molecule has 0 atom stereocenters. The molecule has 1 saturated heterocycles. The molecular weight excluding hydrogens is 174 g/mol. The van der Waals surface area contributed by atoms with Gasteiger partial charge in [0.15, 0.2) is 0 Å². The van der Waals surface area contributed by atoms with Crippen molar-refractivity contribution in [2.75, 3.05) is 31.1 Å². The average Bonchev–Trinajstić information content (AvgIpc) is 2.30. The number of rotatable bonds is 1. The van der Waals surface area contributed by atoms with E-state index in [1.54, 1.807) is 6.20 Å². The van der Waals surface area contributed by atoms with Crippen LogP contribution in [-0.4, -0.2) is 31.2 Å². The zero-order valence-electron chi connectivity index (χ0n) is 8.03. The van der Waals surface area contributed by atoms with Crippen molar-refractivity contribution in [3.63, 3.8) is 0 Å². The van der Waals surface area contributed by atoms with Crippen molar-refractivity contribution < 1.29 is 0 Å². The lowest BCUT2D eigenvalue weighted by molar-refractivity contribution is 0.585. The van der Waals surface area contributed by atoms with Crippen molar-refractivity contribution in [3.8, 4) is 12.3 Å². The molecule has 1 aromatic heterocycles. The molecule has 1 fully saturated rings. The fraction of sp³-hybridized carbons (Fsp3) is 0.364. The van der Waals surface area contributed by atoms with Gasteiger partial charge < -0.3 is 10.2 Å². The van der Waals surface area contributed by atoms with Gasteiger partial charge in [0.05, 0.1) is 0 Å². The molecule has 0 amide bonds. The minimum atomic E-state index is 0.897. The van der Waals surface area contributed by atoms with Crippen LogP contribution in [0.1, 0.15) is 5.56 Å². The summed E-state index contributed by atoms with van der Waals surface area (Å²) in [6.07, 6.45) is 7.11. The average molecular weight is 187 g/mol. The largest absolute Gasteiger partial charge is 0.354 e. The molecule has 3 nitrogen and oxygen atoms in total. The van der Waals surface area contributed by atoms with Crippen LogP contribution in [0, 0.1) is 12.3 Å². The molecule has 0 bridgehead atoms. The Kier molecular flexibility index (Phi) is 2.66. The Labute approximate surface area is 84.1 Å². The predicted octanol–water partition coefficient (Wildman–Crippen LogP) is 0.472. The van der Waals surface area contributed by atoms with Gasteiger partial charge in [0, 0.05) is 37.9 Å². The summed E-state index contributed by atoms with van der Waals surface area (Å²) in [6, 6.07) is 3.82. The van der Waals surface area contributed by atoms with Crippen molar-refractivity contribution in [2.24, 2.45) is 0 Å². The van der Waals surface area contributed by atoms with Gasteiger partial charge in [0.1, 0.15) is 5.82 Å². The summed E-state index contributed by atoms with van der Waals surface area (Å²) in [4.78, 5) is 6.56. The van der Waals surface area contributed by atoms with E-state index in [-0.39, 0.29) is 0 Å². The molecule has 0 aromatic carbocycles. The zero-order valence-corrected chi connectivity index (χ0v) is 8.03. The van der Waals surface area contributed by atoms with E-state index in [2.05, 4.69) is 21.1 Å². The highest BCUT2D eigenvalue weighted by atomic mass is 15.2. The van der Waals surface area contributed by atoms with Crippen LogP contribution in [0.4, 0.5) is 5.82 Å². The van der Waals surface area contributed by atoms with E-state index < -0.39 is 0 Å². The smallest absolute Gasteiger partial charge is 0.129 e. The molecule has 1 aliphatic heterocycles. The molecule has 0 unspecified atom stereocenters. The minimum Gasteiger partial charge on any atom is -0.354 e. The first-order chi connectivity index (χ1) is 6.90. The first-order valence-corrected chi connectivity index (χ1v) is 4.78. The molecule has 0 radical (unpaired) electrons.